The van der Waals surface area contributed by atoms with Crippen LogP contribution in [0.3, 0.4) is 0 Å². The average Bonchev–Trinajstić information content (AvgIpc) is 2.14. The van der Waals surface area contributed by atoms with Gasteiger partial charge in [-0.2, -0.15) is 13.2 Å². The number of benzene rings is 1. The van der Waals surface area contributed by atoms with E-state index in [0.29, 0.717) is 12.1 Å². The Hall–Kier alpha value is -1.14. The van der Waals surface area contributed by atoms with Gasteiger partial charge in [0.15, 0.2) is 0 Å². The molecule has 1 aromatic rings. The highest BCUT2D eigenvalue weighted by atomic mass is 19.4. The third-order valence-electron chi connectivity index (χ3n) is 2.09. The molecule has 0 aliphatic carbocycles. The maximum Gasteiger partial charge on any atom is 0.416 e. The third kappa shape index (κ3) is 2.93. The molecule has 0 bridgehead atoms. The van der Waals surface area contributed by atoms with Crippen LogP contribution in [0.1, 0.15) is 24.2 Å². The van der Waals surface area contributed by atoms with E-state index in [1.807, 2.05) is 0 Å². The van der Waals surface area contributed by atoms with Crippen molar-refractivity contribution in [2.24, 2.45) is 5.73 Å². The van der Waals surface area contributed by atoms with Gasteiger partial charge in [0.25, 0.3) is 0 Å². The first-order chi connectivity index (χ1) is 7.21. The van der Waals surface area contributed by atoms with Gasteiger partial charge in [-0.25, -0.2) is 4.39 Å². The number of halogens is 4. The Balaban J connectivity index is 3.18. The van der Waals surface area contributed by atoms with Crippen LogP contribution in [0.4, 0.5) is 17.6 Å². The quantitative estimate of drug-likeness (QED) is 0.775. The summed E-state index contributed by atoms with van der Waals surface area (Å²) in [5.41, 5.74) is 4.01. The molecule has 0 aliphatic heterocycles. The van der Waals surface area contributed by atoms with Crippen LogP contribution in [0.25, 0.3) is 0 Å². The van der Waals surface area contributed by atoms with E-state index in [4.69, 9.17) is 5.73 Å². The highest BCUT2D eigenvalue weighted by Gasteiger charge is 2.32. The fourth-order valence-electron chi connectivity index (χ4n) is 1.25. The lowest BCUT2D eigenvalue weighted by atomic mass is 10.0. The molecule has 0 aliphatic rings. The zero-order valence-corrected chi connectivity index (χ0v) is 8.42. The van der Waals surface area contributed by atoms with Gasteiger partial charge in [0.1, 0.15) is 5.82 Å². The molecule has 0 saturated heterocycles. The van der Waals surface area contributed by atoms with Crippen LogP contribution < -0.4 is 5.73 Å². The van der Waals surface area contributed by atoms with E-state index in [-0.39, 0.29) is 5.56 Å². The molecule has 0 radical (unpaired) electrons. The second-order valence-corrected chi connectivity index (χ2v) is 3.57. The van der Waals surface area contributed by atoms with Gasteiger partial charge in [0, 0.05) is 6.04 Å². The summed E-state index contributed by atoms with van der Waals surface area (Å²) < 4.78 is 49.9. The molecule has 90 valence electrons. The molecule has 0 amide bonds. The van der Waals surface area contributed by atoms with Crippen molar-refractivity contribution in [3.8, 4) is 0 Å². The Bertz CT molecular complexity index is 376. The number of hydrogen-bond donors (Lipinski definition) is 2. The molecule has 0 aromatic heterocycles. The first kappa shape index (κ1) is 12.9. The van der Waals surface area contributed by atoms with Gasteiger partial charge in [-0.15, -0.1) is 0 Å². The zero-order chi connectivity index (χ0) is 12.5. The van der Waals surface area contributed by atoms with E-state index in [0.717, 1.165) is 6.07 Å². The molecule has 0 unspecified atom stereocenters. The Kier molecular flexibility index (Phi) is 3.54. The fourth-order valence-corrected chi connectivity index (χ4v) is 1.25. The van der Waals surface area contributed by atoms with Crippen molar-refractivity contribution in [2.75, 3.05) is 0 Å². The maximum atomic E-state index is 12.9. The Morgan fingerprint density at radius 3 is 2.25 bits per heavy atom. The molecule has 0 saturated carbocycles. The molecule has 2 nitrogen and oxygen atoms in total. The van der Waals surface area contributed by atoms with Crippen molar-refractivity contribution in [3.05, 3.63) is 35.1 Å². The van der Waals surface area contributed by atoms with Crippen LogP contribution >= 0.6 is 0 Å². The molecule has 6 heteroatoms. The largest absolute Gasteiger partial charge is 0.416 e. The minimum atomic E-state index is -4.64. The normalized spacial score (nSPS) is 15.9. The third-order valence-corrected chi connectivity index (χ3v) is 2.09. The van der Waals surface area contributed by atoms with Gasteiger partial charge in [0.2, 0.25) is 0 Å². The number of rotatable bonds is 2. The van der Waals surface area contributed by atoms with Crippen molar-refractivity contribution in [2.45, 2.75) is 25.2 Å². The summed E-state index contributed by atoms with van der Waals surface area (Å²) in [4.78, 5) is 0. The van der Waals surface area contributed by atoms with Crippen LogP contribution in [0.15, 0.2) is 18.2 Å². The Labute approximate surface area is 89.7 Å². The van der Waals surface area contributed by atoms with Crippen LogP contribution in [-0.2, 0) is 6.18 Å². The predicted molar refractivity (Wildman–Crippen MR) is 50.0 cm³/mol. The monoisotopic (exact) mass is 237 g/mol. The fraction of sp³-hybridized carbons (Fsp3) is 0.400. The molecule has 1 aromatic carbocycles. The van der Waals surface area contributed by atoms with E-state index < -0.39 is 29.7 Å². The average molecular weight is 237 g/mol. The van der Waals surface area contributed by atoms with E-state index in [1.54, 1.807) is 0 Å². The number of aliphatic hydroxyl groups is 1. The zero-order valence-electron chi connectivity index (χ0n) is 8.42. The van der Waals surface area contributed by atoms with Crippen LogP contribution in [0, 0.1) is 5.82 Å². The smallest absolute Gasteiger partial charge is 0.387 e. The Morgan fingerprint density at radius 2 is 1.81 bits per heavy atom. The lowest BCUT2D eigenvalue weighted by Gasteiger charge is -2.16. The molecule has 3 N–H and O–H groups in total. The van der Waals surface area contributed by atoms with Gasteiger partial charge in [-0.1, -0.05) is 0 Å². The summed E-state index contributed by atoms with van der Waals surface area (Å²) in [5, 5.41) is 9.45. The summed E-state index contributed by atoms with van der Waals surface area (Å²) in [7, 11) is 0. The Morgan fingerprint density at radius 1 is 1.25 bits per heavy atom. The summed E-state index contributed by atoms with van der Waals surface area (Å²) in [6.45, 7) is 1.42. The van der Waals surface area contributed by atoms with E-state index in [9.17, 15) is 22.7 Å². The summed E-state index contributed by atoms with van der Waals surface area (Å²) >= 11 is 0. The topological polar surface area (TPSA) is 46.2 Å². The first-order valence-corrected chi connectivity index (χ1v) is 4.53. The van der Waals surface area contributed by atoms with Gasteiger partial charge in [-0.05, 0) is 30.7 Å². The lowest BCUT2D eigenvalue weighted by Crippen LogP contribution is -2.24. The summed E-state index contributed by atoms with van der Waals surface area (Å²) in [5.74, 6) is -1.05. The van der Waals surface area contributed by atoms with E-state index in [1.165, 1.54) is 6.92 Å². The second kappa shape index (κ2) is 4.39. The van der Waals surface area contributed by atoms with Crippen LogP contribution in [0.5, 0.6) is 0 Å². The summed E-state index contributed by atoms with van der Waals surface area (Å²) in [6.07, 6.45) is -5.97. The van der Waals surface area contributed by atoms with Gasteiger partial charge in [-0.3, -0.25) is 0 Å². The minimum Gasteiger partial charge on any atom is -0.387 e. The second-order valence-electron chi connectivity index (χ2n) is 3.57. The first-order valence-electron chi connectivity index (χ1n) is 4.53. The molecule has 1 rings (SSSR count). The SMILES string of the molecule is C[C@H](N)[C@H](O)c1cc(F)cc(C(F)(F)F)c1. The number of aliphatic hydroxyl groups excluding tert-OH is 1. The van der Waals surface area contributed by atoms with Crippen molar-refractivity contribution < 1.29 is 22.7 Å². The summed E-state index contributed by atoms with van der Waals surface area (Å²) in [6, 6.07) is 1.13. The van der Waals surface area contributed by atoms with Crippen LogP contribution in [-0.4, -0.2) is 11.1 Å². The molecular weight excluding hydrogens is 226 g/mol. The highest BCUT2D eigenvalue weighted by Crippen LogP contribution is 2.32. The van der Waals surface area contributed by atoms with Crippen molar-refractivity contribution in [3.63, 3.8) is 0 Å². The van der Waals surface area contributed by atoms with Crippen molar-refractivity contribution in [1.29, 1.82) is 0 Å². The van der Waals surface area contributed by atoms with Gasteiger partial charge >= 0.3 is 6.18 Å². The standard InChI is InChI=1S/C10H11F4NO/c1-5(15)9(16)6-2-7(10(12,13)14)4-8(11)3-6/h2-5,9,16H,15H2,1H3/t5-,9-/m0/s1. The molecule has 0 fully saturated rings. The molecule has 0 heterocycles. The van der Waals surface area contributed by atoms with E-state index >= 15 is 0 Å². The number of hydrogen-bond acceptors (Lipinski definition) is 2. The minimum absolute atomic E-state index is 0.178. The highest BCUT2D eigenvalue weighted by molar-refractivity contribution is 5.28. The van der Waals surface area contributed by atoms with Crippen molar-refractivity contribution >= 4 is 0 Å². The number of alkyl halides is 3. The van der Waals surface area contributed by atoms with E-state index in [2.05, 4.69) is 0 Å². The maximum absolute atomic E-state index is 12.9. The molecular formula is C10H11F4NO. The molecule has 16 heavy (non-hydrogen) atoms. The van der Waals surface area contributed by atoms with Gasteiger partial charge < -0.3 is 10.8 Å². The van der Waals surface area contributed by atoms with Gasteiger partial charge in [0.05, 0.1) is 11.7 Å². The molecule has 0 spiro atoms. The number of nitrogens with two attached hydrogens (primary N) is 1. The van der Waals surface area contributed by atoms with Crippen molar-refractivity contribution in [1.82, 2.24) is 0 Å². The molecule has 2 atom stereocenters. The lowest BCUT2D eigenvalue weighted by molar-refractivity contribution is -0.137. The predicted octanol–water partition coefficient (Wildman–Crippen LogP) is 2.23. The van der Waals surface area contributed by atoms with Crippen LogP contribution in [0.2, 0.25) is 0 Å².